The van der Waals surface area contributed by atoms with Crippen LogP contribution in [0.3, 0.4) is 0 Å². The minimum Gasteiger partial charge on any atom is -0.331 e. The third-order valence-corrected chi connectivity index (χ3v) is 1.52. The number of nitrogens with one attached hydrogen (secondary N) is 1. The predicted octanol–water partition coefficient (Wildman–Crippen LogP) is 0.263. The summed E-state index contributed by atoms with van der Waals surface area (Å²) < 4.78 is 1.40. The van der Waals surface area contributed by atoms with E-state index in [1.807, 2.05) is 13.0 Å². The van der Waals surface area contributed by atoms with E-state index >= 15 is 0 Å². The highest BCUT2D eigenvalue weighted by atomic mass is 16.2. The second-order valence-electron chi connectivity index (χ2n) is 2.35. The molecule has 0 radical (unpaired) electrons. The lowest BCUT2D eigenvalue weighted by atomic mass is 10.4. The lowest BCUT2D eigenvalue weighted by Gasteiger charge is -1.88. The Balaban J connectivity index is 2.59. The predicted molar refractivity (Wildman–Crippen MR) is 34.6 cm³/mol. The Morgan fingerprint density at radius 3 is 3.30 bits per heavy atom. The number of rotatable bonds is 0. The fourth-order valence-corrected chi connectivity index (χ4v) is 1.10. The molecule has 1 aromatic rings. The van der Waals surface area contributed by atoms with Gasteiger partial charge in [-0.3, -0.25) is 0 Å². The van der Waals surface area contributed by atoms with Crippen LogP contribution in [0.15, 0.2) is 6.07 Å². The fraction of sp³-hybridized carbons (Fsp3) is 0.333. The number of hydrogen-bond acceptors (Lipinski definition) is 2. The summed E-state index contributed by atoms with van der Waals surface area (Å²) in [5.74, 6) is 0. The van der Waals surface area contributed by atoms with Crippen molar-refractivity contribution in [2.24, 2.45) is 0 Å². The Morgan fingerprint density at radius 2 is 2.60 bits per heavy atom. The van der Waals surface area contributed by atoms with Crippen LogP contribution in [0.2, 0.25) is 0 Å². The molecule has 0 unspecified atom stereocenters. The Hall–Kier alpha value is -1.32. The van der Waals surface area contributed by atoms with Crippen LogP contribution in [-0.4, -0.2) is 15.8 Å². The molecule has 0 saturated carbocycles. The topological polar surface area (TPSA) is 46.9 Å². The molecule has 1 aromatic heterocycles. The van der Waals surface area contributed by atoms with Crippen molar-refractivity contribution in [3.63, 3.8) is 0 Å². The Morgan fingerprint density at radius 1 is 1.80 bits per heavy atom. The van der Waals surface area contributed by atoms with Gasteiger partial charge in [0.25, 0.3) is 0 Å². The van der Waals surface area contributed by atoms with Gasteiger partial charge in [-0.2, -0.15) is 9.78 Å². The van der Waals surface area contributed by atoms with Crippen LogP contribution in [0.4, 0.5) is 4.79 Å². The summed E-state index contributed by atoms with van der Waals surface area (Å²) in [4.78, 5) is 10.9. The van der Waals surface area contributed by atoms with Gasteiger partial charge < -0.3 is 5.32 Å². The van der Waals surface area contributed by atoms with Gasteiger partial charge >= 0.3 is 6.03 Å². The normalized spacial score (nSPS) is 15.1. The Kier molecular flexibility index (Phi) is 0.869. The first-order valence-corrected chi connectivity index (χ1v) is 3.11. The Labute approximate surface area is 57.8 Å². The third-order valence-electron chi connectivity index (χ3n) is 1.52. The molecule has 2 heterocycles. The van der Waals surface area contributed by atoms with Gasteiger partial charge in [-0.25, -0.2) is 4.79 Å². The summed E-state index contributed by atoms with van der Waals surface area (Å²) >= 11 is 0. The van der Waals surface area contributed by atoms with Crippen molar-refractivity contribution in [1.82, 2.24) is 15.1 Å². The summed E-state index contributed by atoms with van der Waals surface area (Å²) in [6, 6.07) is 1.78. The Bertz CT molecular complexity index is 289. The zero-order chi connectivity index (χ0) is 7.14. The number of hydrogen-bond donors (Lipinski definition) is 1. The van der Waals surface area contributed by atoms with E-state index in [0.717, 1.165) is 11.4 Å². The van der Waals surface area contributed by atoms with Crippen LogP contribution in [0.1, 0.15) is 11.4 Å². The van der Waals surface area contributed by atoms with Crippen molar-refractivity contribution in [2.45, 2.75) is 13.5 Å². The van der Waals surface area contributed by atoms with Crippen LogP contribution in [-0.2, 0) is 6.54 Å². The fourth-order valence-electron chi connectivity index (χ4n) is 1.10. The van der Waals surface area contributed by atoms with Crippen LogP contribution < -0.4 is 5.32 Å². The number of amides is 1. The number of fused-ring (bicyclic) bond motifs is 1. The maximum Gasteiger partial charge on any atom is 0.342 e. The van der Waals surface area contributed by atoms with Crippen molar-refractivity contribution in [3.05, 3.63) is 17.5 Å². The second-order valence-corrected chi connectivity index (χ2v) is 2.35. The van der Waals surface area contributed by atoms with Gasteiger partial charge in [0, 0.05) is 0 Å². The number of aromatic nitrogens is 2. The first-order valence-electron chi connectivity index (χ1n) is 3.11. The molecular formula is C6H7N3O. The molecule has 2 rings (SSSR count). The van der Waals surface area contributed by atoms with E-state index < -0.39 is 0 Å². The molecule has 52 valence electrons. The van der Waals surface area contributed by atoms with E-state index in [4.69, 9.17) is 0 Å². The molecule has 0 aromatic carbocycles. The van der Waals surface area contributed by atoms with E-state index in [9.17, 15) is 4.79 Å². The first-order chi connectivity index (χ1) is 4.77. The zero-order valence-corrected chi connectivity index (χ0v) is 5.59. The van der Waals surface area contributed by atoms with E-state index in [1.54, 1.807) is 0 Å². The summed E-state index contributed by atoms with van der Waals surface area (Å²) in [6.45, 7) is 2.48. The highest BCUT2D eigenvalue weighted by Crippen LogP contribution is 2.07. The molecule has 1 amide bonds. The van der Waals surface area contributed by atoms with E-state index in [2.05, 4.69) is 10.4 Å². The van der Waals surface area contributed by atoms with Crippen LogP contribution in [0.5, 0.6) is 0 Å². The molecule has 4 nitrogen and oxygen atoms in total. The molecular weight excluding hydrogens is 130 g/mol. The third kappa shape index (κ3) is 0.556. The summed E-state index contributed by atoms with van der Waals surface area (Å²) in [6.07, 6.45) is 0. The van der Waals surface area contributed by atoms with Crippen molar-refractivity contribution < 1.29 is 4.79 Å². The van der Waals surface area contributed by atoms with Crippen molar-refractivity contribution in [2.75, 3.05) is 0 Å². The highest BCUT2D eigenvalue weighted by molar-refractivity contribution is 5.79. The summed E-state index contributed by atoms with van der Waals surface area (Å²) in [5.41, 5.74) is 1.84. The monoisotopic (exact) mass is 137 g/mol. The minimum atomic E-state index is -0.122. The molecule has 0 fully saturated rings. The van der Waals surface area contributed by atoms with Gasteiger partial charge in [0.05, 0.1) is 17.9 Å². The first kappa shape index (κ1) is 5.46. The average Bonchev–Trinajstić information content (AvgIpc) is 2.35. The molecule has 0 bridgehead atoms. The van der Waals surface area contributed by atoms with E-state index in [-0.39, 0.29) is 6.03 Å². The maximum absolute atomic E-state index is 10.9. The molecule has 1 aliphatic heterocycles. The second kappa shape index (κ2) is 1.59. The lowest BCUT2D eigenvalue weighted by Crippen LogP contribution is -2.18. The van der Waals surface area contributed by atoms with Crippen molar-refractivity contribution in [3.8, 4) is 0 Å². The highest BCUT2D eigenvalue weighted by Gasteiger charge is 2.18. The van der Waals surface area contributed by atoms with Crippen LogP contribution >= 0.6 is 0 Å². The minimum absolute atomic E-state index is 0.122. The number of aryl methyl sites for hydroxylation is 1. The van der Waals surface area contributed by atoms with Gasteiger partial charge in [-0.15, -0.1) is 0 Å². The SMILES string of the molecule is Cc1cc2n(n1)C(=O)NC2. The summed E-state index contributed by atoms with van der Waals surface area (Å²) in [5, 5.41) is 6.63. The molecule has 4 heteroatoms. The average molecular weight is 137 g/mol. The van der Waals surface area contributed by atoms with Gasteiger partial charge in [-0.1, -0.05) is 0 Å². The van der Waals surface area contributed by atoms with Crippen molar-refractivity contribution >= 4 is 6.03 Å². The van der Waals surface area contributed by atoms with Crippen LogP contribution in [0, 0.1) is 6.92 Å². The van der Waals surface area contributed by atoms with Gasteiger partial charge in [-0.05, 0) is 13.0 Å². The van der Waals surface area contributed by atoms with Gasteiger partial charge in [0.1, 0.15) is 0 Å². The zero-order valence-electron chi connectivity index (χ0n) is 5.59. The van der Waals surface area contributed by atoms with E-state index in [0.29, 0.717) is 6.54 Å². The largest absolute Gasteiger partial charge is 0.342 e. The smallest absolute Gasteiger partial charge is 0.331 e. The lowest BCUT2D eigenvalue weighted by molar-refractivity contribution is 0.244. The molecule has 1 N–H and O–H groups in total. The van der Waals surface area contributed by atoms with Gasteiger partial charge in [0.2, 0.25) is 0 Å². The molecule has 0 atom stereocenters. The van der Waals surface area contributed by atoms with Gasteiger partial charge in [0.15, 0.2) is 0 Å². The molecule has 1 aliphatic rings. The molecule has 0 aliphatic carbocycles. The molecule has 0 saturated heterocycles. The van der Waals surface area contributed by atoms with Crippen molar-refractivity contribution in [1.29, 1.82) is 0 Å². The summed E-state index contributed by atoms with van der Waals surface area (Å²) in [7, 11) is 0. The number of carbonyl (C=O) groups excluding carboxylic acids is 1. The molecule has 0 spiro atoms. The van der Waals surface area contributed by atoms with E-state index in [1.165, 1.54) is 4.68 Å². The maximum atomic E-state index is 10.9. The number of nitrogens with zero attached hydrogens (tertiary/aromatic N) is 2. The molecule has 10 heavy (non-hydrogen) atoms. The van der Waals surface area contributed by atoms with Crippen LogP contribution in [0.25, 0.3) is 0 Å². The number of carbonyl (C=O) groups is 1. The standard InChI is InChI=1S/C6H7N3O/c1-4-2-5-3-7-6(10)9(5)8-4/h2H,3H2,1H3,(H,7,10). The quantitative estimate of drug-likeness (QED) is 0.557.